The van der Waals surface area contributed by atoms with E-state index in [-0.39, 0.29) is 5.97 Å². The van der Waals surface area contributed by atoms with Crippen LogP contribution < -0.4 is 10.6 Å². The molecule has 1 aromatic rings. The molecule has 1 aliphatic heterocycles. The smallest absolute Gasteiger partial charge is 0.340 e. The number of methoxy groups -OCH3 is 1. The van der Waals surface area contributed by atoms with E-state index in [4.69, 9.17) is 15.2 Å². The SMILES string of the molecule is CCOC(=O)c1cccc(N)c1N1CCC(OC)CC1. The summed E-state index contributed by atoms with van der Waals surface area (Å²) < 4.78 is 10.5. The van der Waals surface area contributed by atoms with Gasteiger partial charge in [0.25, 0.3) is 0 Å². The van der Waals surface area contributed by atoms with Gasteiger partial charge in [0.05, 0.1) is 29.6 Å². The predicted molar refractivity (Wildman–Crippen MR) is 79.1 cm³/mol. The number of carbonyl (C=O) groups excluding carboxylic acids is 1. The van der Waals surface area contributed by atoms with Crippen molar-refractivity contribution in [2.75, 3.05) is 37.4 Å². The predicted octanol–water partition coefficient (Wildman–Crippen LogP) is 2.06. The number of carbonyl (C=O) groups is 1. The second-order valence-corrected chi connectivity index (χ2v) is 4.89. The van der Waals surface area contributed by atoms with Crippen molar-refractivity contribution in [3.05, 3.63) is 23.8 Å². The Morgan fingerprint density at radius 3 is 2.70 bits per heavy atom. The van der Waals surface area contributed by atoms with Crippen molar-refractivity contribution in [1.29, 1.82) is 0 Å². The highest BCUT2D eigenvalue weighted by molar-refractivity contribution is 5.99. The number of hydrogen-bond acceptors (Lipinski definition) is 5. The zero-order valence-corrected chi connectivity index (χ0v) is 12.1. The summed E-state index contributed by atoms with van der Waals surface area (Å²) in [5.74, 6) is -0.316. The summed E-state index contributed by atoms with van der Waals surface area (Å²) in [4.78, 5) is 14.2. The lowest BCUT2D eigenvalue weighted by Crippen LogP contribution is -2.38. The highest BCUT2D eigenvalue weighted by Crippen LogP contribution is 2.31. The topological polar surface area (TPSA) is 64.8 Å². The molecule has 0 atom stereocenters. The molecule has 0 aromatic heterocycles. The molecule has 5 heteroatoms. The Morgan fingerprint density at radius 1 is 1.40 bits per heavy atom. The first-order valence-corrected chi connectivity index (χ1v) is 7.00. The summed E-state index contributed by atoms with van der Waals surface area (Å²) >= 11 is 0. The Hall–Kier alpha value is -1.75. The van der Waals surface area contributed by atoms with E-state index in [1.54, 1.807) is 26.2 Å². The number of nitrogens with two attached hydrogens (primary N) is 1. The Kier molecular flexibility index (Phi) is 4.84. The molecule has 0 spiro atoms. The average molecular weight is 278 g/mol. The van der Waals surface area contributed by atoms with Crippen LogP contribution in [0.5, 0.6) is 0 Å². The van der Waals surface area contributed by atoms with Gasteiger partial charge in [0.15, 0.2) is 0 Å². The molecule has 0 aliphatic carbocycles. The van der Waals surface area contributed by atoms with Gasteiger partial charge in [-0.15, -0.1) is 0 Å². The average Bonchev–Trinajstić information content (AvgIpc) is 2.47. The normalized spacial score (nSPS) is 16.2. The molecule has 0 unspecified atom stereocenters. The van der Waals surface area contributed by atoms with Crippen molar-refractivity contribution < 1.29 is 14.3 Å². The molecule has 1 aliphatic rings. The highest BCUT2D eigenvalue weighted by Gasteiger charge is 2.24. The first kappa shape index (κ1) is 14.7. The molecule has 1 fully saturated rings. The zero-order valence-electron chi connectivity index (χ0n) is 12.1. The van der Waals surface area contributed by atoms with E-state index < -0.39 is 0 Å². The summed E-state index contributed by atoms with van der Waals surface area (Å²) in [5.41, 5.74) is 8.03. The number of hydrogen-bond donors (Lipinski definition) is 1. The van der Waals surface area contributed by atoms with E-state index in [0.29, 0.717) is 24.0 Å². The fourth-order valence-electron chi connectivity index (χ4n) is 2.60. The zero-order chi connectivity index (χ0) is 14.5. The molecule has 1 saturated heterocycles. The fourth-order valence-corrected chi connectivity index (χ4v) is 2.60. The highest BCUT2D eigenvalue weighted by atomic mass is 16.5. The van der Waals surface area contributed by atoms with Crippen LogP contribution >= 0.6 is 0 Å². The number of nitrogen functional groups attached to an aromatic ring is 1. The Balaban J connectivity index is 2.24. The molecule has 20 heavy (non-hydrogen) atoms. The number of esters is 1. The van der Waals surface area contributed by atoms with Gasteiger partial charge in [-0.25, -0.2) is 4.79 Å². The first-order valence-electron chi connectivity index (χ1n) is 7.00. The Labute approximate surface area is 119 Å². The van der Waals surface area contributed by atoms with Crippen LogP contribution in [-0.4, -0.2) is 38.9 Å². The Morgan fingerprint density at radius 2 is 2.10 bits per heavy atom. The van der Waals surface area contributed by atoms with E-state index in [9.17, 15) is 4.79 Å². The molecule has 2 rings (SSSR count). The lowest BCUT2D eigenvalue weighted by molar-refractivity contribution is 0.0526. The van der Waals surface area contributed by atoms with Crippen LogP contribution in [-0.2, 0) is 9.47 Å². The van der Waals surface area contributed by atoms with Crippen molar-refractivity contribution >= 4 is 17.3 Å². The maximum Gasteiger partial charge on any atom is 0.340 e. The molecule has 1 aromatic carbocycles. The molecular formula is C15H22N2O3. The van der Waals surface area contributed by atoms with Crippen LogP contribution in [0.4, 0.5) is 11.4 Å². The second kappa shape index (κ2) is 6.61. The summed E-state index contributed by atoms with van der Waals surface area (Å²) in [5, 5.41) is 0. The third-order valence-electron chi connectivity index (χ3n) is 3.65. The summed E-state index contributed by atoms with van der Waals surface area (Å²) in [7, 11) is 1.74. The molecule has 0 amide bonds. The van der Waals surface area contributed by atoms with E-state index in [2.05, 4.69) is 4.90 Å². The van der Waals surface area contributed by atoms with E-state index in [1.807, 2.05) is 6.07 Å². The van der Waals surface area contributed by atoms with Crippen molar-refractivity contribution in [2.24, 2.45) is 0 Å². The lowest BCUT2D eigenvalue weighted by Gasteiger charge is -2.34. The Bertz CT molecular complexity index is 468. The quantitative estimate of drug-likeness (QED) is 0.674. The van der Waals surface area contributed by atoms with Crippen LogP contribution in [0.3, 0.4) is 0 Å². The first-order chi connectivity index (χ1) is 9.67. The number of nitrogens with zero attached hydrogens (tertiary/aromatic N) is 1. The van der Waals surface area contributed by atoms with Gasteiger partial charge in [-0.2, -0.15) is 0 Å². The van der Waals surface area contributed by atoms with E-state index in [0.717, 1.165) is 31.6 Å². The molecule has 2 N–H and O–H groups in total. The summed E-state index contributed by atoms with van der Waals surface area (Å²) in [6.07, 6.45) is 2.17. The van der Waals surface area contributed by atoms with Gasteiger partial charge >= 0.3 is 5.97 Å². The second-order valence-electron chi connectivity index (χ2n) is 4.89. The van der Waals surface area contributed by atoms with Crippen LogP contribution in [0.2, 0.25) is 0 Å². The monoisotopic (exact) mass is 278 g/mol. The van der Waals surface area contributed by atoms with Crippen LogP contribution in [0, 0.1) is 0 Å². The van der Waals surface area contributed by atoms with Gasteiger partial charge < -0.3 is 20.1 Å². The number of piperidine rings is 1. The van der Waals surface area contributed by atoms with E-state index in [1.165, 1.54) is 0 Å². The fraction of sp³-hybridized carbons (Fsp3) is 0.533. The van der Waals surface area contributed by atoms with Gasteiger partial charge in [0.1, 0.15) is 0 Å². The van der Waals surface area contributed by atoms with Crippen molar-refractivity contribution in [3.8, 4) is 0 Å². The standard InChI is InChI=1S/C15H22N2O3/c1-3-20-15(18)12-5-4-6-13(16)14(12)17-9-7-11(19-2)8-10-17/h4-6,11H,3,7-10,16H2,1-2H3. The number of anilines is 2. The molecular weight excluding hydrogens is 256 g/mol. The maximum atomic E-state index is 12.1. The molecule has 110 valence electrons. The molecule has 0 radical (unpaired) electrons. The van der Waals surface area contributed by atoms with Crippen LogP contribution in [0.1, 0.15) is 30.1 Å². The van der Waals surface area contributed by atoms with Crippen LogP contribution in [0.25, 0.3) is 0 Å². The molecule has 0 saturated carbocycles. The van der Waals surface area contributed by atoms with Crippen molar-refractivity contribution in [1.82, 2.24) is 0 Å². The van der Waals surface area contributed by atoms with Crippen LogP contribution in [0.15, 0.2) is 18.2 Å². The summed E-state index contributed by atoms with van der Waals surface area (Å²) in [6, 6.07) is 5.37. The minimum atomic E-state index is -0.316. The number of para-hydroxylation sites is 1. The lowest BCUT2D eigenvalue weighted by atomic mass is 10.0. The minimum absolute atomic E-state index is 0.294. The van der Waals surface area contributed by atoms with E-state index >= 15 is 0 Å². The molecule has 5 nitrogen and oxygen atoms in total. The summed E-state index contributed by atoms with van der Waals surface area (Å²) in [6.45, 7) is 3.82. The van der Waals surface area contributed by atoms with Gasteiger partial charge in [0, 0.05) is 20.2 Å². The number of ether oxygens (including phenoxy) is 2. The number of benzene rings is 1. The third kappa shape index (κ3) is 3.04. The third-order valence-corrected chi connectivity index (χ3v) is 3.65. The van der Waals surface area contributed by atoms with Crippen molar-refractivity contribution in [2.45, 2.75) is 25.9 Å². The molecule has 0 bridgehead atoms. The number of rotatable bonds is 4. The van der Waals surface area contributed by atoms with Gasteiger partial charge in [-0.3, -0.25) is 0 Å². The van der Waals surface area contributed by atoms with Gasteiger partial charge in [0.2, 0.25) is 0 Å². The minimum Gasteiger partial charge on any atom is -0.462 e. The maximum absolute atomic E-state index is 12.1. The van der Waals surface area contributed by atoms with Gasteiger partial charge in [-0.05, 0) is 31.9 Å². The van der Waals surface area contributed by atoms with Gasteiger partial charge in [-0.1, -0.05) is 6.07 Å². The molecule has 1 heterocycles. The largest absolute Gasteiger partial charge is 0.462 e. The van der Waals surface area contributed by atoms with Crippen molar-refractivity contribution in [3.63, 3.8) is 0 Å².